The summed E-state index contributed by atoms with van der Waals surface area (Å²) in [5, 5.41) is 11.9. The quantitative estimate of drug-likeness (QED) is 0.840. The Morgan fingerprint density at radius 1 is 1.50 bits per heavy atom. The molecule has 2 N–H and O–H groups in total. The van der Waals surface area contributed by atoms with Crippen molar-refractivity contribution in [2.45, 2.75) is 19.5 Å². The highest BCUT2D eigenvalue weighted by molar-refractivity contribution is 6.30. The molecule has 0 spiro atoms. The second-order valence-corrected chi connectivity index (χ2v) is 3.97. The monoisotopic (exact) mass is 246 g/mol. The van der Waals surface area contributed by atoms with Crippen LogP contribution in [-0.4, -0.2) is 23.3 Å². The number of amides is 2. The molecule has 7 heteroatoms. The van der Waals surface area contributed by atoms with Gasteiger partial charge in [-0.15, -0.1) is 10.2 Å². The molecule has 0 fully saturated rings. The van der Waals surface area contributed by atoms with E-state index in [1.807, 2.05) is 0 Å². The van der Waals surface area contributed by atoms with Gasteiger partial charge in [0, 0.05) is 12.6 Å². The van der Waals surface area contributed by atoms with Gasteiger partial charge in [-0.05, 0) is 19.9 Å². The van der Waals surface area contributed by atoms with Gasteiger partial charge in [0.15, 0.2) is 11.0 Å². The van der Waals surface area contributed by atoms with Crippen LogP contribution in [0, 0.1) is 0 Å². The lowest BCUT2D eigenvalue weighted by Gasteiger charge is -2.16. The molecule has 5 nitrogen and oxygen atoms in total. The second-order valence-electron chi connectivity index (χ2n) is 3.61. The fourth-order valence-corrected chi connectivity index (χ4v) is 1.35. The topological polar surface area (TPSA) is 66.9 Å². The number of urea groups is 1. The standard InChI is InChI=1S/C9H12ClFN4O/c1-9(2,11)5-4-6(13-8(16)12-3)14-15-7(5)10/h4H,1-3H3,(H2,12,13,14,16). The summed E-state index contributed by atoms with van der Waals surface area (Å²) >= 11 is 5.71. The summed E-state index contributed by atoms with van der Waals surface area (Å²) in [4.78, 5) is 11.0. The van der Waals surface area contributed by atoms with E-state index in [0.29, 0.717) is 0 Å². The highest BCUT2D eigenvalue weighted by Crippen LogP contribution is 2.30. The van der Waals surface area contributed by atoms with E-state index in [2.05, 4.69) is 20.8 Å². The van der Waals surface area contributed by atoms with E-state index >= 15 is 0 Å². The molecular weight excluding hydrogens is 235 g/mol. The van der Waals surface area contributed by atoms with Gasteiger partial charge < -0.3 is 5.32 Å². The number of nitrogens with one attached hydrogen (secondary N) is 2. The van der Waals surface area contributed by atoms with Crippen molar-refractivity contribution in [1.29, 1.82) is 0 Å². The molecule has 1 rings (SSSR count). The molecule has 0 saturated heterocycles. The molecule has 0 unspecified atom stereocenters. The lowest BCUT2D eigenvalue weighted by atomic mass is 10.0. The van der Waals surface area contributed by atoms with Gasteiger partial charge in [0.2, 0.25) is 0 Å². The van der Waals surface area contributed by atoms with Crippen molar-refractivity contribution in [1.82, 2.24) is 15.5 Å². The minimum absolute atomic E-state index is 0.0186. The number of carbonyl (C=O) groups is 1. The molecule has 0 bridgehead atoms. The van der Waals surface area contributed by atoms with Crippen LogP contribution in [0.2, 0.25) is 5.15 Å². The molecule has 0 aliphatic heterocycles. The van der Waals surface area contributed by atoms with Gasteiger partial charge in [-0.2, -0.15) is 0 Å². The number of aromatic nitrogens is 2. The van der Waals surface area contributed by atoms with E-state index in [-0.39, 0.29) is 16.5 Å². The van der Waals surface area contributed by atoms with Crippen LogP contribution in [-0.2, 0) is 5.67 Å². The van der Waals surface area contributed by atoms with Crippen molar-refractivity contribution in [2.24, 2.45) is 0 Å². The molecule has 0 aliphatic rings. The molecule has 1 aromatic rings. The number of rotatable bonds is 2. The van der Waals surface area contributed by atoms with E-state index in [4.69, 9.17) is 11.6 Å². The molecule has 0 radical (unpaired) electrons. The van der Waals surface area contributed by atoms with Gasteiger partial charge in [-0.1, -0.05) is 11.6 Å². The number of halogens is 2. The Hall–Kier alpha value is -1.43. The predicted octanol–water partition coefficient (Wildman–Crippen LogP) is 2.09. The lowest BCUT2D eigenvalue weighted by Crippen LogP contribution is -2.25. The Kier molecular flexibility index (Phi) is 3.64. The Morgan fingerprint density at radius 2 is 2.12 bits per heavy atom. The van der Waals surface area contributed by atoms with E-state index in [1.54, 1.807) is 0 Å². The van der Waals surface area contributed by atoms with Crippen LogP contribution in [0.1, 0.15) is 19.4 Å². The summed E-state index contributed by atoms with van der Waals surface area (Å²) in [6.45, 7) is 2.69. The normalized spacial score (nSPS) is 11.1. The Morgan fingerprint density at radius 3 is 2.62 bits per heavy atom. The molecule has 88 valence electrons. The second kappa shape index (κ2) is 4.61. The number of alkyl halides is 1. The molecule has 1 aromatic heterocycles. The summed E-state index contributed by atoms with van der Waals surface area (Å²) in [6, 6.07) is 0.893. The van der Waals surface area contributed by atoms with E-state index in [9.17, 15) is 9.18 Å². The molecule has 0 saturated carbocycles. The van der Waals surface area contributed by atoms with Gasteiger partial charge in [-0.25, -0.2) is 9.18 Å². The van der Waals surface area contributed by atoms with Gasteiger partial charge in [-0.3, -0.25) is 5.32 Å². The number of carbonyl (C=O) groups excluding carboxylic acids is 1. The predicted molar refractivity (Wildman–Crippen MR) is 59.3 cm³/mol. The summed E-state index contributed by atoms with van der Waals surface area (Å²) in [6.07, 6.45) is 0. The Balaban J connectivity index is 3.03. The third kappa shape index (κ3) is 3.03. The SMILES string of the molecule is CNC(=O)Nc1cc(C(C)(C)F)c(Cl)nn1. The minimum Gasteiger partial charge on any atom is -0.341 e. The largest absolute Gasteiger partial charge is 0.341 e. The third-order valence-corrected chi connectivity index (χ3v) is 2.14. The average molecular weight is 247 g/mol. The number of hydrogen-bond acceptors (Lipinski definition) is 3. The van der Waals surface area contributed by atoms with Crippen LogP contribution in [0.4, 0.5) is 15.0 Å². The molecule has 0 atom stereocenters. The molecular formula is C9H12ClFN4O. The van der Waals surface area contributed by atoms with Gasteiger partial charge in [0.25, 0.3) is 0 Å². The van der Waals surface area contributed by atoms with Crippen molar-refractivity contribution in [3.05, 3.63) is 16.8 Å². The average Bonchev–Trinajstić information content (AvgIpc) is 2.19. The zero-order valence-electron chi connectivity index (χ0n) is 9.14. The fourth-order valence-electron chi connectivity index (χ4n) is 1.03. The van der Waals surface area contributed by atoms with Crippen molar-refractivity contribution in [3.8, 4) is 0 Å². The lowest BCUT2D eigenvalue weighted by molar-refractivity contribution is 0.220. The van der Waals surface area contributed by atoms with Gasteiger partial charge >= 0.3 is 6.03 Å². The first kappa shape index (κ1) is 12.6. The van der Waals surface area contributed by atoms with Crippen molar-refractivity contribution < 1.29 is 9.18 Å². The highest BCUT2D eigenvalue weighted by Gasteiger charge is 2.24. The van der Waals surface area contributed by atoms with Crippen LogP contribution in [0.3, 0.4) is 0 Å². The van der Waals surface area contributed by atoms with Crippen LogP contribution < -0.4 is 10.6 Å². The van der Waals surface area contributed by atoms with E-state index < -0.39 is 11.7 Å². The fraction of sp³-hybridized carbons (Fsp3) is 0.444. The first-order valence-corrected chi connectivity index (χ1v) is 4.93. The maximum Gasteiger partial charge on any atom is 0.320 e. The van der Waals surface area contributed by atoms with E-state index in [0.717, 1.165) is 0 Å². The number of hydrogen-bond donors (Lipinski definition) is 2. The first-order chi connectivity index (χ1) is 7.34. The molecule has 0 aromatic carbocycles. The molecule has 16 heavy (non-hydrogen) atoms. The summed E-state index contributed by atoms with van der Waals surface area (Å²) in [5.74, 6) is 0.143. The van der Waals surface area contributed by atoms with Crippen LogP contribution >= 0.6 is 11.6 Å². The van der Waals surface area contributed by atoms with Crippen LogP contribution in [0.25, 0.3) is 0 Å². The molecule has 2 amide bonds. The van der Waals surface area contributed by atoms with Crippen molar-refractivity contribution in [3.63, 3.8) is 0 Å². The third-order valence-electron chi connectivity index (χ3n) is 1.86. The Labute approximate surface area is 97.4 Å². The summed E-state index contributed by atoms with van der Waals surface area (Å²) < 4.78 is 13.7. The smallest absolute Gasteiger partial charge is 0.320 e. The maximum absolute atomic E-state index is 13.7. The molecule has 1 heterocycles. The van der Waals surface area contributed by atoms with Gasteiger partial charge in [0.1, 0.15) is 5.67 Å². The van der Waals surface area contributed by atoms with Crippen LogP contribution in [0.5, 0.6) is 0 Å². The zero-order valence-corrected chi connectivity index (χ0v) is 9.89. The first-order valence-electron chi connectivity index (χ1n) is 4.56. The minimum atomic E-state index is -1.65. The number of nitrogens with zero attached hydrogens (tertiary/aromatic N) is 2. The zero-order chi connectivity index (χ0) is 12.3. The Bertz CT molecular complexity index is 405. The highest BCUT2D eigenvalue weighted by atomic mass is 35.5. The van der Waals surface area contributed by atoms with Crippen LogP contribution in [0.15, 0.2) is 6.07 Å². The summed E-state index contributed by atoms with van der Waals surface area (Å²) in [7, 11) is 1.46. The van der Waals surface area contributed by atoms with E-state index in [1.165, 1.54) is 27.0 Å². The van der Waals surface area contributed by atoms with Gasteiger partial charge in [0.05, 0.1) is 0 Å². The molecule has 0 aliphatic carbocycles. The van der Waals surface area contributed by atoms with Crippen molar-refractivity contribution >= 4 is 23.4 Å². The summed E-state index contributed by atoms with van der Waals surface area (Å²) in [5.41, 5.74) is -1.47. The van der Waals surface area contributed by atoms with Crippen molar-refractivity contribution in [2.75, 3.05) is 12.4 Å². The maximum atomic E-state index is 13.7. The number of anilines is 1.